The van der Waals surface area contributed by atoms with E-state index in [9.17, 15) is 0 Å². The number of likely N-dealkylation sites (N-methyl/N-ethyl adjacent to an activating group) is 1. The van der Waals surface area contributed by atoms with E-state index in [1.54, 1.807) is 0 Å². The van der Waals surface area contributed by atoms with E-state index in [4.69, 9.17) is 0 Å². The van der Waals surface area contributed by atoms with E-state index in [0.717, 1.165) is 6.54 Å². The summed E-state index contributed by atoms with van der Waals surface area (Å²) in [5.74, 6) is 0. The SMILES string of the molecule is CNCC(C)NNC. The number of hydrazine groups is 1. The van der Waals surface area contributed by atoms with E-state index < -0.39 is 0 Å². The summed E-state index contributed by atoms with van der Waals surface area (Å²) in [7, 11) is 3.81. The molecule has 0 heterocycles. The van der Waals surface area contributed by atoms with Gasteiger partial charge in [0.25, 0.3) is 0 Å². The van der Waals surface area contributed by atoms with Crippen molar-refractivity contribution in [3.05, 3.63) is 0 Å². The van der Waals surface area contributed by atoms with Gasteiger partial charge < -0.3 is 5.32 Å². The van der Waals surface area contributed by atoms with Gasteiger partial charge in [-0.05, 0) is 21.0 Å². The van der Waals surface area contributed by atoms with Crippen LogP contribution in [0.2, 0.25) is 0 Å². The maximum atomic E-state index is 3.05. The van der Waals surface area contributed by atoms with E-state index in [-0.39, 0.29) is 0 Å². The Hall–Kier alpha value is -0.120. The predicted octanol–water partition coefficient (Wildman–Crippen LogP) is -0.682. The topological polar surface area (TPSA) is 36.1 Å². The van der Waals surface area contributed by atoms with Crippen LogP contribution >= 0.6 is 0 Å². The highest BCUT2D eigenvalue weighted by Gasteiger charge is 1.93. The van der Waals surface area contributed by atoms with Crippen molar-refractivity contribution in [2.75, 3.05) is 20.6 Å². The zero-order valence-electron chi connectivity index (χ0n) is 5.78. The van der Waals surface area contributed by atoms with Crippen molar-refractivity contribution in [1.82, 2.24) is 16.2 Å². The Balaban J connectivity index is 2.92. The van der Waals surface area contributed by atoms with Crippen LogP contribution in [-0.2, 0) is 0 Å². The van der Waals surface area contributed by atoms with E-state index in [1.807, 2.05) is 14.1 Å². The van der Waals surface area contributed by atoms with E-state index in [0.29, 0.717) is 6.04 Å². The summed E-state index contributed by atoms with van der Waals surface area (Å²) in [6, 6.07) is 0.491. The van der Waals surface area contributed by atoms with Crippen molar-refractivity contribution in [1.29, 1.82) is 0 Å². The summed E-state index contributed by atoms with van der Waals surface area (Å²) in [4.78, 5) is 0. The van der Waals surface area contributed by atoms with Crippen molar-refractivity contribution in [2.24, 2.45) is 0 Å². The smallest absolute Gasteiger partial charge is 0.0309 e. The first kappa shape index (κ1) is 7.88. The van der Waals surface area contributed by atoms with Crippen LogP contribution < -0.4 is 16.2 Å². The lowest BCUT2D eigenvalue weighted by atomic mass is 10.4. The highest BCUT2D eigenvalue weighted by molar-refractivity contribution is 4.56. The van der Waals surface area contributed by atoms with Gasteiger partial charge in [-0.2, -0.15) is 0 Å². The average molecular weight is 117 g/mol. The molecule has 3 N–H and O–H groups in total. The lowest BCUT2D eigenvalue weighted by Crippen LogP contribution is -2.41. The first-order valence-corrected chi connectivity index (χ1v) is 2.88. The molecule has 3 heteroatoms. The van der Waals surface area contributed by atoms with Crippen molar-refractivity contribution in [3.8, 4) is 0 Å². The second-order valence-corrected chi connectivity index (χ2v) is 1.85. The molecule has 0 fully saturated rings. The summed E-state index contributed by atoms with van der Waals surface area (Å²) < 4.78 is 0. The molecule has 0 aromatic carbocycles. The molecule has 0 aliphatic rings. The van der Waals surface area contributed by atoms with Gasteiger partial charge >= 0.3 is 0 Å². The highest BCUT2D eigenvalue weighted by Crippen LogP contribution is 1.70. The van der Waals surface area contributed by atoms with Crippen LogP contribution in [0.1, 0.15) is 6.92 Å². The Morgan fingerprint density at radius 1 is 1.38 bits per heavy atom. The van der Waals surface area contributed by atoms with E-state index in [2.05, 4.69) is 23.1 Å². The second kappa shape index (κ2) is 5.03. The summed E-state index contributed by atoms with van der Waals surface area (Å²) in [5, 5.41) is 3.05. The summed E-state index contributed by atoms with van der Waals surface area (Å²) in [6.07, 6.45) is 0. The monoisotopic (exact) mass is 117 g/mol. The molecule has 0 aromatic rings. The third-order valence-corrected chi connectivity index (χ3v) is 0.901. The average Bonchev–Trinajstić information content (AvgIpc) is 1.68. The Bertz CT molecular complexity index is 40.9. The Morgan fingerprint density at radius 2 is 2.00 bits per heavy atom. The zero-order chi connectivity index (χ0) is 6.41. The van der Waals surface area contributed by atoms with Crippen LogP contribution in [-0.4, -0.2) is 26.7 Å². The van der Waals surface area contributed by atoms with Gasteiger partial charge in [0.1, 0.15) is 0 Å². The largest absolute Gasteiger partial charge is 0.318 e. The Kier molecular flexibility index (Phi) is 4.95. The van der Waals surface area contributed by atoms with Crippen LogP contribution in [0.25, 0.3) is 0 Å². The van der Waals surface area contributed by atoms with Crippen LogP contribution in [0, 0.1) is 0 Å². The molecule has 0 aromatic heterocycles. The normalized spacial score (nSPS) is 13.9. The molecular formula is C5H15N3. The zero-order valence-corrected chi connectivity index (χ0v) is 5.78. The van der Waals surface area contributed by atoms with Gasteiger partial charge in [-0.15, -0.1) is 0 Å². The fraction of sp³-hybridized carbons (Fsp3) is 1.00. The molecule has 8 heavy (non-hydrogen) atoms. The molecule has 3 nitrogen and oxygen atoms in total. The fourth-order valence-electron chi connectivity index (χ4n) is 0.604. The van der Waals surface area contributed by atoms with Crippen molar-refractivity contribution >= 4 is 0 Å². The number of hydrogen-bond acceptors (Lipinski definition) is 3. The Labute approximate surface area is 50.8 Å². The van der Waals surface area contributed by atoms with Crippen molar-refractivity contribution in [3.63, 3.8) is 0 Å². The molecule has 0 aliphatic heterocycles. The van der Waals surface area contributed by atoms with Crippen molar-refractivity contribution < 1.29 is 0 Å². The molecule has 0 rings (SSSR count). The molecule has 0 amide bonds. The van der Waals surface area contributed by atoms with Gasteiger partial charge in [-0.1, -0.05) is 0 Å². The molecule has 0 aliphatic carbocycles. The molecule has 0 bridgehead atoms. The molecular weight excluding hydrogens is 102 g/mol. The molecule has 0 saturated carbocycles. The summed E-state index contributed by atoms with van der Waals surface area (Å²) in [5.41, 5.74) is 5.90. The molecule has 50 valence electrons. The van der Waals surface area contributed by atoms with Crippen LogP contribution in [0.3, 0.4) is 0 Å². The second-order valence-electron chi connectivity index (χ2n) is 1.85. The fourth-order valence-corrected chi connectivity index (χ4v) is 0.604. The quantitative estimate of drug-likeness (QED) is 0.427. The maximum Gasteiger partial charge on any atom is 0.0309 e. The van der Waals surface area contributed by atoms with E-state index >= 15 is 0 Å². The first-order valence-electron chi connectivity index (χ1n) is 2.88. The molecule has 0 spiro atoms. The molecule has 1 atom stereocenters. The number of nitrogens with one attached hydrogen (secondary N) is 3. The predicted molar refractivity (Wildman–Crippen MR) is 35.6 cm³/mol. The lowest BCUT2D eigenvalue weighted by Gasteiger charge is -2.10. The Morgan fingerprint density at radius 3 is 2.38 bits per heavy atom. The minimum Gasteiger partial charge on any atom is -0.318 e. The van der Waals surface area contributed by atoms with Crippen LogP contribution in [0.5, 0.6) is 0 Å². The number of hydrogen-bond donors (Lipinski definition) is 3. The minimum absolute atomic E-state index is 0.491. The van der Waals surface area contributed by atoms with Gasteiger partial charge in [0.2, 0.25) is 0 Å². The van der Waals surface area contributed by atoms with Gasteiger partial charge in [0, 0.05) is 12.6 Å². The van der Waals surface area contributed by atoms with Gasteiger partial charge in [-0.25, -0.2) is 0 Å². The lowest BCUT2D eigenvalue weighted by molar-refractivity contribution is 0.472. The first-order chi connectivity index (χ1) is 3.81. The maximum absolute atomic E-state index is 3.05. The molecule has 0 radical (unpaired) electrons. The van der Waals surface area contributed by atoms with E-state index in [1.165, 1.54) is 0 Å². The standard InChI is InChI=1S/C5H15N3/c1-5(4-6-2)8-7-3/h5-8H,4H2,1-3H3. The van der Waals surface area contributed by atoms with Crippen molar-refractivity contribution in [2.45, 2.75) is 13.0 Å². The van der Waals surface area contributed by atoms with Gasteiger partial charge in [0.15, 0.2) is 0 Å². The number of rotatable bonds is 4. The minimum atomic E-state index is 0.491. The third kappa shape index (κ3) is 4.05. The molecule has 1 unspecified atom stereocenters. The van der Waals surface area contributed by atoms with Gasteiger partial charge in [0.05, 0.1) is 0 Å². The highest BCUT2D eigenvalue weighted by atomic mass is 15.4. The summed E-state index contributed by atoms with van der Waals surface area (Å²) in [6.45, 7) is 3.09. The third-order valence-electron chi connectivity index (χ3n) is 0.901. The van der Waals surface area contributed by atoms with Crippen LogP contribution in [0.4, 0.5) is 0 Å². The van der Waals surface area contributed by atoms with Gasteiger partial charge in [-0.3, -0.25) is 10.9 Å². The molecule has 0 saturated heterocycles. The van der Waals surface area contributed by atoms with Crippen LogP contribution in [0.15, 0.2) is 0 Å². The summed E-state index contributed by atoms with van der Waals surface area (Å²) >= 11 is 0.